The fourth-order valence-corrected chi connectivity index (χ4v) is 5.29. The van der Waals surface area contributed by atoms with Crippen molar-refractivity contribution in [1.29, 1.82) is 5.26 Å². The van der Waals surface area contributed by atoms with E-state index >= 15 is 0 Å². The minimum Gasteiger partial charge on any atom is -0.353 e. The van der Waals surface area contributed by atoms with Crippen LogP contribution in [0.1, 0.15) is 54.8 Å². The molecule has 7 heteroatoms. The average Bonchev–Trinajstić information content (AvgIpc) is 3.68. The molecule has 1 saturated heterocycles. The molecular formula is C27H31N5O2. The van der Waals surface area contributed by atoms with E-state index in [4.69, 9.17) is 5.26 Å². The van der Waals surface area contributed by atoms with Gasteiger partial charge < -0.3 is 15.5 Å². The molecule has 2 aromatic rings. The lowest BCUT2D eigenvalue weighted by atomic mass is 9.87. The molecule has 3 aliphatic rings. The quantitative estimate of drug-likeness (QED) is 0.714. The summed E-state index contributed by atoms with van der Waals surface area (Å²) in [6, 6.07) is 18.3. The van der Waals surface area contributed by atoms with E-state index in [1.165, 1.54) is 11.1 Å². The summed E-state index contributed by atoms with van der Waals surface area (Å²) in [5.74, 6) is 0.144. The summed E-state index contributed by atoms with van der Waals surface area (Å²) in [4.78, 5) is 29.9. The smallest absolute Gasteiger partial charge is 0.321 e. The molecule has 2 heterocycles. The zero-order valence-electron chi connectivity index (χ0n) is 19.4. The van der Waals surface area contributed by atoms with Gasteiger partial charge in [-0.15, -0.1) is 0 Å². The van der Waals surface area contributed by atoms with Crippen LogP contribution in [-0.4, -0.2) is 53.5 Å². The van der Waals surface area contributed by atoms with Gasteiger partial charge in [-0.05, 0) is 61.4 Å². The Morgan fingerprint density at radius 1 is 1.00 bits per heavy atom. The van der Waals surface area contributed by atoms with E-state index in [-0.39, 0.29) is 18.0 Å². The Balaban J connectivity index is 1.23. The molecule has 34 heavy (non-hydrogen) atoms. The van der Waals surface area contributed by atoms with Crippen LogP contribution in [0.25, 0.3) is 0 Å². The number of nitrogens with zero attached hydrogens (tertiary/aromatic N) is 3. The first-order valence-corrected chi connectivity index (χ1v) is 12.3. The lowest BCUT2D eigenvalue weighted by Gasteiger charge is -2.45. The van der Waals surface area contributed by atoms with Gasteiger partial charge in [0.05, 0.1) is 11.6 Å². The van der Waals surface area contributed by atoms with Crippen molar-refractivity contribution in [1.82, 2.24) is 15.1 Å². The summed E-state index contributed by atoms with van der Waals surface area (Å²) < 4.78 is 0. The van der Waals surface area contributed by atoms with E-state index in [9.17, 15) is 9.59 Å². The summed E-state index contributed by atoms with van der Waals surface area (Å²) >= 11 is 0. The van der Waals surface area contributed by atoms with Crippen LogP contribution >= 0.6 is 0 Å². The van der Waals surface area contributed by atoms with E-state index in [2.05, 4.69) is 45.9 Å². The Morgan fingerprint density at radius 2 is 1.79 bits per heavy atom. The maximum Gasteiger partial charge on any atom is 0.321 e. The molecule has 2 aromatic carbocycles. The first kappa shape index (κ1) is 22.4. The van der Waals surface area contributed by atoms with Crippen molar-refractivity contribution in [3.63, 3.8) is 0 Å². The predicted octanol–water partition coefficient (Wildman–Crippen LogP) is 3.82. The lowest BCUT2D eigenvalue weighted by molar-refractivity contribution is -0.123. The molecule has 0 radical (unpaired) electrons. The molecule has 7 nitrogen and oxygen atoms in total. The van der Waals surface area contributed by atoms with Crippen molar-refractivity contribution >= 4 is 17.6 Å². The van der Waals surface area contributed by atoms with Crippen LogP contribution in [-0.2, 0) is 11.2 Å². The number of benzene rings is 2. The number of nitriles is 1. The molecule has 3 amide bonds. The second-order valence-corrected chi connectivity index (χ2v) is 9.59. The first-order valence-electron chi connectivity index (χ1n) is 12.3. The summed E-state index contributed by atoms with van der Waals surface area (Å²) in [6.07, 6.45) is 5.44. The van der Waals surface area contributed by atoms with Crippen molar-refractivity contribution in [3.05, 3.63) is 65.2 Å². The maximum absolute atomic E-state index is 12.8. The first-order chi connectivity index (χ1) is 16.6. The van der Waals surface area contributed by atoms with Crippen LogP contribution < -0.4 is 10.6 Å². The Kier molecular flexibility index (Phi) is 6.50. The van der Waals surface area contributed by atoms with Crippen molar-refractivity contribution < 1.29 is 9.59 Å². The third kappa shape index (κ3) is 5.07. The number of likely N-dealkylation sites (tertiary alicyclic amines) is 1. The lowest BCUT2D eigenvalue weighted by Crippen LogP contribution is -2.51. The van der Waals surface area contributed by atoms with Crippen LogP contribution in [0, 0.1) is 11.3 Å². The molecule has 176 valence electrons. The van der Waals surface area contributed by atoms with Gasteiger partial charge in [-0.2, -0.15) is 5.26 Å². The van der Waals surface area contributed by atoms with Crippen LogP contribution in [0.5, 0.6) is 0 Å². The van der Waals surface area contributed by atoms with Crippen molar-refractivity contribution in [2.45, 2.75) is 56.7 Å². The molecule has 1 saturated carbocycles. The largest absolute Gasteiger partial charge is 0.353 e. The van der Waals surface area contributed by atoms with Gasteiger partial charge in [0, 0.05) is 49.9 Å². The number of nitrogens with one attached hydrogen (secondary N) is 2. The summed E-state index contributed by atoms with van der Waals surface area (Å²) in [6.45, 7) is 2.29. The number of rotatable bonds is 5. The summed E-state index contributed by atoms with van der Waals surface area (Å²) in [5.41, 5.74) is 3.79. The fraction of sp³-hybridized carbons (Fsp3) is 0.444. The monoisotopic (exact) mass is 457 g/mol. The predicted molar refractivity (Wildman–Crippen MR) is 130 cm³/mol. The number of piperidine rings is 1. The molecule has 1 unspecified atom stereocenters. The summed E-state index contributed by atoms with van der Waals surface area (Å²) in [5, 5.41) is 15.2. The van der Waals surface area contributed by atoms with Gasteiger partial charge in [-0.1, -0.05) is 30.3 Å². The average molecular weight is 458 g/mol. The normalized spacial score (nSPS) is 20.8. The number of hydrogen-bond donors (Lipinski definition) is 2. The van der Waals surface area contributed by atoms with E-state index in [0.717, 1.165) is 38.6 Å². The number of anilines is 1. The van der Waals surface area contributed by atoms with Crippen molar-refractivity contribution in [3.8, 4) is 6.07 Å². The Bertz CT molecular complexity index is 1100. The molecule has 5 rings (SSSR count). The molecule has 2 aliphatic heterocycles. The number of carbonyl (C=O) groups is 2. The minimum atomic E-state index is -0.127. The molecule has 1 aliphatic carbocycles. The van der Waals surface area contributed by atoms with Gasteiger partial charge in [0.25, 0.3) is 0 Å². The Hall–Kier alpha value is -3.37. The molecule has 1 atom stereocenters. The van der Waals surface area contributed by atoms with Gasteiger partial charge >= 0.3 is 6.03 Å². The zero-order chi connectivity index (χ0) is 23.5. The Labute approximate surface area is 200 Å². The highest BCUT2D eigenvalue weighted by molar-refractivity contribution is 5.89. The maximum atomic E-state index is 12.8. The highest BCUT2D eigenvalue weighted by Crippen LogP contribution is 2.36. The van der Waals surface area contributed by atoms with E-state index in [1.807, 2.05) is 4.90 Å². The number of amides is 3. The number of fused-ring (bicyclic) bond motifs is 1. The minimum absolute atomic E-state index is 0.0859. The van der Waals surface area contributed by atoms with Crippen LogP contribution in [0.4, 0.5) is 10.5 Å². The van der Waals surface area contributed by atoms with Crippen molar-refractivity contribution in [2.75, 3.05) is 25.0 Å². The molecule has 0 aromatic heterocycles. The molecule has 0 bridgehead atoms. The third-order valence-electron chi connectivity index (χ3n) is 7.24. The standard InChI is InChI=1S/C27H31N5O2/c28-18-19-4-3-6-22(16-19)30-27(34)31-13-11-23(12-14-31)32-15-10-20-5-1-2-7-24(20)25(32)17-26(33)29-21-8-9-21/h1-7,16,21,23,25H,8-15,17H2,(H,29,33)(H,30,34). The molecule has 2 N–H and O–H groups in total. The fourth-order valence-electron chi connectivity index (χ4n) is 5.29. The van der Waals surface area contributed by atoms with Crippen LogP contribution in [0.15, 0.2) is 48.5 Å². The van der Waals surface area contributed by atoms with E-state index in [1.54, 1.807) is 24.3 Å². The van der Waals surface area contributed by atoms with Gasteiger partial charge in [0.1, 0.15) is 0 Å². The van der Waals surface area contributed by atoms with Crippen molar-refractivity contribution in [2.24, 2.45) is 0 Å². The third-order valence-corrected chi connectivity index (χ3v) is 7.24. The Morgan fingerprint density at radius 3 is 2.56 bits per heavy atom. The van der Waals surface area contributed by atoms with E-state index in [0.29, 0.717) is 42.8 Å². The molecule has 2 fully saturated rings. The summed E-state index contributed by atoms with van der Waals surface area (Å²) in [7, 11) is 0. The second-order valence-electron chi connectivity index (χ2n) is 9.59. The van der Waals surface area contributed by atoms with Gasteiger partial charge in [0.2, 0.25) is 5.91 Å². The van der Waals surface area contributed by atoms with Gasteiger partial charge in [-0.3, -0.25) is 9.69 Å². The van der Waals surface area contributed by atoms with Gasteiger partial charge in [0.15, 0.2) is 0 Å². The SMILES string of the molecule is N#Cc1cccc(NC(=O)N2CCC(N3CCc4ccccc4C3CC(=O)NC3CC3)CC2)c1. The van der Waals surface area contributed by atoms with Gasteiger partial charge in [-0.25, -0.2) is 4.79 Å². The number of urea groups is 1. The second kappa shape index (κ2) is 9.86. The van der Waals surface area contributed by atoms with Crippen LogP contribution in [0.3, 0.4) is 0 Å². The van der Waals surface area contributed by atoms with E-state index < -0.39 is 0 Å². The highest BCUT2D eigenvalue weighted by atomic mass is 16.2. The number of carbonyl (C=O) groups excluding carboxylic acids is 2. The number of hydrogen-bond acceptors (Lipinski definition) is 4. The molecule has 0 spiro atoms. The molecular weight excluding hydrogens is 426 g/mol. The zero-order valence-corrected chi connectivity index (χ0v) is 19.4. The van der Waals surface area contributed by atoms with Crippen LogP contribution in [0.2, 0.25) is 0 Å². The topological polar surface area (TPSA) is 88.5 Å². The highest BCUT2D eigenvalue weighted by Gasteiger charge is 2.36.